The molecular weight excluding hydrogens is 412 g/mol. The summed E-state index contributed by atoms with van der Waals surface area (Å²) < 4.78 is 2.44. The van der Waals surface area contributed by atoms with Gasteiger partial charge in [-0.2, -0.15) is 0 Å². The van der Waals surface area contributed by atoms with Crippen LogP contribution in [0.3, 0.4) is 0 Å². The molecule has 0 atom stereocenters. The number of hydrogen-bond donors (Lipinski definition) is 0. The Morgan fingerprint density at radius 3 is 1.06 bits per heavy atom. The van der Waals surface area contributed by atoms with Gasteiger partial charge >= 0.3 is 0 Å². The first kappa shape index (κ1) is 22.3. The van der Waals surface area contributed by atoms with Crippen LogP contribution in [-0.4, -0.2) is 48.2 Å². The van der Waals surface area contributed by atoms with Crippen molar-refractivity contribution in [3.05, 3.63) is 35.4 Å². The van der Waals surface area contributed by atoms with E-state index in [0.717, 1.165) is 35.5 Å². The highest BCUT2D eigenvalue weighted by Gasteiger charge is 2.60. The minimum absolute atomic E-state index is 0.548. The number of rotatable bonds is 6. The largest absolute Gasteiger partial charge is 0.320 e. The van der Waals surface area contributed by atoms with Crippen molar-refractivity contribution >= 4 is 0 Å². The Morgan fingerprint density at radius 2 is 0.794 bits per heavy atom. The van der Waals surface area contributed by atoms with Crippen molar-refractivity contribution in [3.63, 3.8) is 0 Å². The summed E-state index contributed by atoms with van der Waals surface area (Å²) >= 11 is 0. The second-order valence-corrected chi connectivity index (χ2v) is 15.7. The van der Waals surface area contributed by atoms with Crippen LogP contribution in [0.5, 0.6) is 0 Å². The lowest BCUT2D eigenvalue weighted by Gasteiger charge is -2.62. The summed E-state index contributed by atoms with van der Waals surface area (Å²) in [5.74, 6) is 6.20. The Balaban J connectivity index is 1.15. The van der Waals surface area contributed by atoms with Crippen molar-refractivity contribution in [2.75, 3.05) is 28.2 Å². The van der Waals surface area contributed by atoms with E-state index in [1.54, 1.807) is 49.7 Å². The standard InChI is InChI=1S/C32H50N2/c1-33(2,31-15-23-9-24(16-31)11-25(10-23)17-31)21-29-7-5-6-8-30(29)22-34(3,4)32-18-26-12-27(19-32)14-28(13-26)20-32/h5-8,23-28H,9-22H2,1-4H3/q+2. The summed E-state index contributed by atoms with van der Waals surface area (Å²) in [5, 5.41) is 0. The third kappa shape index (κ3) is 3.33. The number of quaternary nitrogens is 2. The minimum atomic E-state index is 0.548. The fourth-order valence-electron chi connectivity index (χ4n) is 11.7. The van der Waals surface area contributed by atoms with Crippen LogP contribution < -0.4 is 0 Å². The van der Waals surface area contributed by atoms with Gasteiger partial charge in [-0.15, -0.1) is 0 Å². The minimum Gasteiger partial charge on any atom is -0.320 e. The Hall–Kier alpha value is -0.860. The van der Waals surface area contributed by atoms with E-state index in [0.29, 0.717) is 11.1 Å². The molecule has 34 heavy (non-hydrogen) atoms. The molecule has 0 amide bonds. The quantitative estimate of drug-likeness (QED) is 0.409. The van der Waals surface area contributed by atoms with E-state index >= 15 is 0 Å². The average Bonchev–Trinajstić information content (AvgIpc) is 2.73. The molecule has 186 valence electrons. The zero-order valence-corrected chi connectivity index (χ0v) is 22.6. The van der Waals surface area contributed by atoms with E-state index in [9.17, 15) is 0 Å². The third-order valence-electron chi connectivity index (χ3n) is 12.8. The lowest BCUT2D eigenvalue weighted by molar-refractivity contribution is -0.963. The molecule has 0 aliphatic heterocycles. The smallest absolute Gasteiger partial charge is 0.105 e. The molecule has 0 spiro atoms. The van der Waals surface area contributed by atoms with E-state index in [-0.39, 0.29) is 0 Å². The fourth-order valence-corrected chi connectivity index (χ4v) is 11.7. The van der Waals surface area contributed by atoms with Crippen LogP contribution in [0.15, 0.2) is 24.3 Å². The van der Waals surface area contributed by atoms with Gasteiger partial charge in [0.25, 0.3) is 0 Å². The second-order valence-electron chi connectivity index (χ2n) is 15.7. The highest BCUT2D eigenvalue weighted by molar-refractivity contribution is 5.26. The average molecular weight is 463 g/mol. The number of benzene rings is 1. The van der Waals surface area contributed by atoms with Crippen LogP contribution in [0.2, 0.25) is 0 Å². The Morgan fingerprint density at radius 1 is 0.529 bits per heavy atom. The van der Waals surface area contributed by atoms with Gasteiger partial charge in [0.05, 0.1) is 39.3 Å². The number of nitrogens with zero attached hydrogens (tertiary/aromatic N) is 2. The van der Waals surface area contributed by atoms with Gasteiger partial charge in [0.1, 0.15) is 13.1 Å². The monoisotopic (exact) mass is 462 g/mol. The van der Waals surface area contributed by atoms with Crippen LogP contribution in [0.1, 0.15) is 88.2 Å². The maximum absolute atomic E-state index is 2.60. The van der Waals surface area contributed by atoms with Gasteiger partial charge in [0.15, 0.2) is 0 Å². The normalized spacial score (nSPS) is 44.7. The molecule has 0 saturated heterocycles. The second kappa shape index (κ2) is 7.34. The molecule has 0 N–H and O–H groups in total. The molecule has 8 bridgehead atoms. The maximum Gasteiger partial charge on any atom is 0.105 e. The molecule has 0 unspecified atom stereocenters. The van der Waals surface area contributed by atoms with Crippen molar-refractivity contribution in [2.45, 2.75) is 101 Å². The van der Waals surface area contributed by atoms with E-state index in [2.05, 4.69) is 52.5 Å². The van der Waals surface area contributed by atoms with Gasteiger partial charge in [-0.05, 0) is 74.0 Å². The highest BCUT2D eigenvalue weighted by atomic mass is 15.4. The molecule has 2 nitrogen and oxygen atoms in total. The third-order valence-corrected chi connectivity index (χ3v) is 12.8. The van der Waals surface area contributed by atoms with E-state index < -0.39 is 0 Å². The van der Waals surface area contributed by atoms with Crippen LogP contribution >= 0.6 is 0 Å². The van der Waals surface area contributed by atoms with Gasteiger partial charge in [0, 0.05) is 49.7 Å². The molecule has 0 heterocycles. The van der Waals surface area contributed by atoms with Gasteiger partial charge in [0.2, 0.25) is 0 Å². The molecule has 1 aromatic carbocycles. The first-order valence-electron chi connectivity index (χ1n) is 14.9. The lowest BCUT2D eigenvalue weighted by Crippen LogP contribution is -2.67. The predicted molar refractivity (Wildman–Crippen MR) is 140 cm³/mol. The lowest BCUT2D eigenvalue weighted by atomic mass is 9.52. The van der Waals surface area contributed by atoms with Crippen molar-refractivity contribution in [1.82, 2.24) is 0 Å². The van der Waals surface area contributed by atoms with Crippen molar-refractivity contribution in [2.24, 2.45) is 35.5 Å². The summed E-state index contributed by atoms with van der Waals surface area (Å²) in [5.41, 5.74) is 4.40. The highest BCUT2D eigenvalue weighted by Crippen LogP contribution is 2.60. The molecule has 8 aliphatic carbocycles. The Bertz CT molecular complexity index is 808. The summed E-state index contributed by atoms with van der Waals surface area (Å²) in [4.78, 5) is 0. The molecule has 8 aliphatic rings. The van der Waals surface area contributed by atoms with Crippen molar-refractivity contribution < 1.29 is 8.97 Å². The van der Waals surface area contributed by atoms with Crippen LogP contribution in [0.4, 0.5) is 0 Å². The molecule has 0 aromatic heterocycles. The Kier molecular flexibility index (Phi) is 4.83. The molecular formula is C32H50N2+2. The molecule has 8 saturated carbocycles. The Labute approximate surface area is 209 Å². The van der Waals surface area contributed by atoms with Crippen LogP contribution in [-0.2, 0) is 13.1 Å². The van der Waals surface area contributed by atoms with Gasteiger partial charge in [-0.1, -0.05) is 24.3 Å². The van der Waals surface area contributed by atoms with E-state index in [4.69, 9.17) is 0 Å². The summed E-state index contributed by atoms with van der Waals surface area (Å²) in [6.45, 7) is 2.45. The van der Waals surface area contributed by atoms with Crippen LogP contribution in [0.25, 0.3) is 0 Å². The summed E-state index contributed by atoms with van der Waals surface area (Å²) in [6, 6.07) is 9.64. The SMILES string of the molecule is C[N+](C)(Cc1ccccc1C[N+](C)(C)C12CC3CC(CC(C3)C1)C2)C12CC3CC(CC(C3)C1)C2. The van der Waals surface area contributed by atoms with E-state index in [1.165, 1.54) is 60.6 Å². The molecule has 0 radical (unpaired) electrons. The first-order valence-corrected chi connectivity index (χ1v) is 14.9. The van der Waals surface area contributed by atoms with Crippen molar-refractivity contribution in [3.8, 4) is 0 Å². The predicted octanol–water partition coefficient (Wildman–Crippen LogP) is 6.78. The molecule has 1 aromatic rings. The summed E-state index contributed by atoms with van der Waals surface area (Å²) in [6.07, 6.45) is 18.3. The topological polar surface area (TPSA) is 0 Å². The van der Waals surface area contributed by atoms with Crippen molar-refractivity contribution in [1.29, 1.82) is 0 Å². The van der Waals surface area contributed by atoms with Gasteiger partial charge in [-0.25, -0.2) is 0 Å². The zero-order chi connectivity index (χ0) is 23.3. The maximum atomic E-state index is 2.60. The van der Waals surface area contributed by atoms with Crippen LogP contribution in [0, 0.1) is 35.5 Å². The van der Waals surface area contributed by atoms with E-state index in [1.807, 2.05) is 0 Å². The molecule has 9 rings (SSSR count). The molecule has 8 fully saturated rings. The van der Waals surface area contributed by atoms with Gasteiger partial charge < -0.3 is 8.97 Å². The van der Waals surface area contributed by atoms with Gasteiger partial charge in [-0.3, -0.25) is 0 Å². The summed E-state index contributed by atoms with van der Waals surface area (Å²) in [7, 11) is 10.4. The molecule has 2 heteroatoms. The first-order chi connectivity index (χ1) is 16.1. The number of hydrogen-bond acceptors (Lipinski definition) is 0. The zero-order valence-electron chi connectivity index (χ0n) is 22.6. The fraction of sp³-hybridized carbons (Fsp3) is 0.812.